The number of anilines is 3. The molecule has 3 unspecified atom stereocenters. The standard InChI is InChI=1S/C54H78N7O13P/c1-3-60(4-2)40-24-27-45-49(35-40)73-50-37-48(62)43-26-25-41(36-44(43)52(50)57-45)69-33-22-18-14-10-6-5-9-13-17-21-32-68-38-42(39-71-75(66,67)70-34-30-55)72-51(63)23-19-15-11-7-8-12-16-20-31-56-46-28-29-47(61(64)65)54-53(46)58-74-59-54/h24-29,35-37,42,52,56-57H,3-23,30-34,38-39,55H2,1-2H3,(H,66,67). The molecular weight excluding hydrogens is 986 g/mol. The highest BCUT2D eigenvalue weighted by Gasteiger charge is 2.34. The van der Waals surface area contributed by atoms with Crippen LogP contribution in [-0.4, -0.2) is 92.3 Å². The number of allylic oxidation sites excluding steroid dienone is 1. The first-order valence-corrected chi connectivity index (χ1v) is 28.6. The summed E-state index contributed by atoms with van der Waals surface area (Å²) >= 11 is 0. The number of carbonyl (C=O) groups excluding carboxylic acids is 2. The molecule has 412 valence electrons. The van der Waals surface area contributed by atoms with Crippen LogP contribution in [0, 0.1) is 10.1 Å². The van der Waals surface area contributed by atoms with Crippen molar-refractivity contribution in [3.63, 3.8) is 0 Å². The topological polar surface area (TPSA) is 267 Å². The number of quaternary nitrogens is 1. The van der Waals surface area contributed by atoms with Gasteiger partial charge in [0.2, 0.25) is 5.52 Å². The van der Waals surface area contributed by atoms with Crippen LogP contribution >= 0.6 is 7.82 Å². The van der Waals surface area contributed by atoms with Gasteiger partial charge < -0.3 is 54.2 Å². The summed E-state index contributed by atoms with van der Waals surface area (Å²) in [7, 11) is -4.57. The monoisotopic (exact) mass is 1060 g/mol. The number of non-ortho nitro benzene ring substituents is 1. The Labute approximate surface area is 440 Å². The van der Waals surface area contributed by atoms with Gasteiger partial charge in [-0.1, -0.05) is 89.9 Å². The largest absolute Gasteiger partial charge is 0.756 e. The molecule has 1 aliphatic carbocycles. The summed E-state index contributed by atoms with van der Waals surface area (Å²) in [5.74, 6) is 1.57. The predicted molar refractivity (Wildman–Crippen MR) is 284 cm³/mol. The number of ketones is 1. The van der Waals surface area contributed by atoms with Gasteiger partial charge in [-0.15, -0.1) is 0 Å². The molecule has 0 spiro atoms. The minimum Gasteiger partial charge on any atom is -0.756 e. The van der Waals surface area contributed by atoms with Gasteiger partial charge in [0.05, 0.1) is 42.7 Å². The third kappa shape index (κ3) is 18.9. The smallest absolute Gasteiger partial charge is 0.306 e. The van der Waals surface area contributed by atoms with E-state index < -0.39 is 24.8 Å². The molecular formula is C54H78N7O13P. The highest BCUT2D eigenvalue weighted by Crippen LogP contribution is 2.45. The molecule has 0 saturated heterocycles. The van der Waals surface area contributed by atoms with Crippen molar-refractivity contribution < 1.29 is 62.3 Å². The van der Waals surface area contributed by atoms with Gasteiger partial charge in [-0.2, -0.15) is 0 Å². The first kappa shape index (κ1) is 58.6. The number of nitrogens with one attached hydrogen (secondary N) is 2. The van der Waals surface area contributed by atoms with Gasteiger partial charge in [0.25, 0.3) is 7.82 Å². The molecule has 75 heavy (non-hydrogen) atoms. The number of esters is 1. The Morgan fingerprint density at radius 2 is 1.49 bits per heavy atom. The number of rotatable bonds is 39. The van der Waals surface area contributed by atoms with Crippen LogP contribution in [0.4, 0.5) is 22.7 Å². The van der Waals surface area contributed by atoms with E-state index >= 15 is 0 Å². The van der Waals surface area contributed by atoms with Crippen LogP contribution in [0.5, 0.6) is 11.5 Å². The Balaban J connectivity index is 0.764. The van der Waals surface area contributed by atoms with E-state index in [9.17, 15) is 29.2 Å². The van der Waals surface area contributed by atoms with E-state index in [1.54, 1.807) is 12.1 Å². The molecule has 3 aromatic carbocycles. The van der Waals surface area contributed by atoms with E-state index in [1.807, 2.05) is 30.3 Å². The third-order valence-electron chi connectivity index (χ3n) is 13.4. The van der Waals surface area contributed by atoms with Gasteiger partial charge in [0.1, 0.15) is 30.3 Å². The maximum absolute atomic E-state index is 13.1. The van der Waals surface area contributed by atoms with Gasteiger partial charge in [0.15, 0.2) is 17.0 Å². The number of fused-ring (bicyclic) bond motifs is 5. The van der Waals surface area contributed by atoms with E-state index in [4.69, 9.17) is 32.6 Å². The fourth-order valence-electron chi connectivity index (χ4n) is 9.25. The van der Waals surface area contributed by atoms with Crippen LogP contribution in [0.25, 0.3) is 11.0 Å². The number of unbranched alkanes of at least 4 members (excludes halogenated alkanes) is 16. The number of ether oxygens (including phenoxy) is 4. The second-order valence-corrected chi connectivity index (χ2v) is 20.5. The molecule has 6 rings (SSSR count). The number of hydrogen-bond donors (Lipinski definition) is 3. The number of nitro benzene ring substituents is 1. The average molecular weight is 1060 g/mol. The zero-order valence-corrected chi connectivity index (χ0v) is 44.8. The van der Waals surface area contributed by atoms with Gasteiger partial charge >= 0.3 is 11.7 Å². The van der Waals surface area contributed by atoms with Gasteiger partial charge in [0, 0.05) is 62.1 Å². The number of benzene rings is 3. The van der Waals surface area contributed by atoms with Crippen molar-refractivity contribution in [1.82, 2.24) is 10.3 Å². The van der Waals surface area contributed by atoms with Crippen molar-refractivity contribution in [2.24, 2.45) is 0 Å². The fraction of sp³-hybridized carbons (Fsp3) is 0.593. The Morgan fingerprint density at radius 1 is 0.827 bits per heavy atom. The summed E-state index contributed by atoms with van der Waals surface area (Å²) in [6.07, 6.45) is 19.3. The van der Waals surface area contributed by atoms with Crippen molar-refractivity contribution in [3.05, 3.63) is 81.6 Å². The summed E-state index contributed by atoms with van der Waals surface area (Å²) in [5, 5.41) is 25.5. The zero-order valence-electron chi connectivity index (χ0n) is 43.9. The summed E-state index contributed by atoms with van der Waals surface area (Å²) in [6.45, 7) is 7.60. The zero-order chi connectivity index (χ0) is 53.3. The molecule has 5 N–H and O–H groups in total. The minimum atomic E-state index is -4.57. The molecule has 2 aliphatic rings. The summed E-state index contributed by atoms with van der Waals surface area (Å²) in [6, 6.07) is 14.6. The number of nitro groups is 1. The van der Waals surface area contributed by atoms with Gasteiger partial charge in [-0.3, -0.25) is 24.3 Å². The lowest BCUT2D eigenvalue weighted by molar-refractivity contribution is -0.383. The van der Waals surface area contributed by atoms with Crippen LogP contribution in [0.3, 0.4) is 0 Å². The Bertz CT molecular complexity index is 2500. The maximum atomic E-state index is 13.1. The molecule has 4 aromatic rings. The minimum absolute atomic E-state index is 0.0191. The number of carbonyl (C=O) groups is 2. The van der Waals surface area contributed by atoms with E-state index in [0.717, 1.165) is 131 Å². The molecule has 20 nitrogen and oxygen atoms in total. The second-order valence-electron chi connectivity index (χ2n) is 19.0. The molecule has 21 heteroatoms. The molecule has 3 atom stereocenters. The summed E-state index contributed by atoms with van der Waals surface area (Å²) in [5.41, 5.74) is 8.05. The highest BCUT2D eigenvalue weighted by molar-refractivity contribution is 7.45. The van der Waals surface area contributed by atoms with Crippen LogP contribution in [0.2, 0.25) is 0 Å². The molecule has 0 saturated carbocycles. The Hall–Kier alpha value is -5.63. The van der Waals surface area contributed by atoms with Crippen molar-refractivity contribution >= 4 is 53.4 Å². The van der Waals surface area contributed by atoms with Crippen molar-refractivity contribution in [1.29, 1.82) is 0 Å². The molecule has 0 radical (unpaired) electrons. The lowest BCUT2D eigenvalue weighted by atomic mass is 9.89. The number of phosphoric acid groups is 1. The fourth-order valence-corrected chi connectivity index (χ4v) is 10.0. The van der Waals surface area contributed by atoms with E-state index in [2.05, 4.69) is 51.5 Å². The SMILES string of the molecule is CCN(CC)c1ccc2c(c1)OC1=CC(=O)c3ccc(OCCCCCCCCCCCCOCC(COP(=O)([O-])OCC[NH3+])OC(=O)CCCCCCCCCCNc4ccc([N+](=O)[O-])c5nonc45)cc3C1N2. The quantitative estimate of drug-likeness (QED) is 0.0123. The van der Waals surface area contributed by atoms with Crippen LogP contribution < -0.4 is 35.6 Å². The van der Waals surface area contributed by atoms with Crippen LogP contribution in [0.1, 0.15) is 158 Å². The summed E-state index contributed by atoms with van der Waals surface area (Å²) in [4.78, 5) is 50.9. The highest BCUT2D eigenvalue weighted by atomic mass is 31.2. The number of phosphoric ester groups is 1. The predicted octanol–water partition coefficient (Wildman–Crippen LogP) is 10.2. The first-order chi connectivity index (χ1) is 36.5. The molecule has 0 amide bonds. The molecule has 2 heterocycles. The summed E-state index contributed by atoms with van der Waals surface area (Å²) < 4.78 is 50.6. The van der Waals surface area contributed by atoms with Crippen molar-refractivity contribution in [2.75, 3.05) is 74.7 Å². The number of hydrogen-bond acceptors (Lipinski definition) is 18. The first-order valence-electron chi connectivity index (χ1n) is 27.2. The van der Waals surface area contributed by atoms with Crippen molar-refractivity contribution in [3.8, 4) is 11.5 Å². The molecule has 0 bridgehead atoms. The van der Waals surface area contributed by atoms with E-state index in [-0.39, 0.29) is 55.8 Å². The van der Waals surface area contributed by atoms with Crippen LogP contribution in [0.15, 0.2) is 65.0 Å². The van der Waals surface area contributed by atoms with Crippen LogP contribution in [-0.2, 0) is 27.9 Å². The second kappa shape index (κ2) is 31.4. The molecule has 1 aliphatic heterocycles. The lowest BCUT2D eigenvalue weighted by Crippen LogP contribution is -2.52. The average Bonchev–Trinajstić information content (AvgIpc) is 3.90. The third-order valence-corrected chi connectivity index (χ3v) is 14.3. The Kier molecular flexibility index (Phi) is 24.6. The van der Waals surface area contributed by atoms with E-state index in [0.29, 0.717) is 48.7 Å². The maximum Gasteiger partial charge on any atom is 0.306 e. The van der Waals surface area contributed by atoms with Gasteiger partial charge in [-0.25, -0.2) is 4.63 Å². The number of nitrogens with zero attached hydrogens (tertiary/aromatic N) is 4. The van der Waals surface area contributed by atoms with Gasteiger partial charge in [-0.05, 0) is 91.8 Å². The Morgan fingerprint density at radius 3 is 2.19 bits per heavy atom. The molecule has 0 fully saturated rings. The lowest BCUT2D eigenvalue weighted by Gasteiger charge is -2.34. The molecule has 1 aromatic heterocycles. The number of aromatic nitrogens is 2. The van der Waals surface area contributed by atoms with E-state index in [1.165, 1.54) is 25.3 Å². The van der Waals surface area contributed by atoms with Crippen molar-refractivity contribution in [2.45, 2.75) is 148 Å². The normalized spacial score (nSPS) is 14.9.